The molecule has 4 nitrogen and oxygen atoms in total. The molecule has 2 aromatic rings. The first-order valence-corrected chi connectivity index (χ1v) is 6.90. The van der Waals surface area contributed by atoms with Crippen LogP contribution in [0, 0.1) is 0 Å². The Kier molecular flexibility index (Phi) is 5.46. The van der Waals surface area contributed by atoms with E-state index in [0.717, 1.165) is 17.1 Å². The predicted octanol–water partition coefficient (Wildman–Crippen LogP) is 3.21. The highest BCUT2D eigenvalue weighted by Crippen LogP contribution is 2.22. The quantitative estimate of drug-likeness (QED) is 0.850. The molecule has 0 aliphatic rings. The maximum atomic E-state index is 10.1. The van der Waals surface area contributed by atoms with E-state index in [-0.39, 0.29) is 6.61 Å². The summed E-state index contributed by atoms with van der Waals surface area (Å²) in [6.07, 6.45) is -0.688. The van der Waals surface area contributed by atoms with Crippen LogP contribution in [-0.2, 0) is 0 Å². The highest BCUT2D eigenvalue weighted by Gasteiger charge is 2.09. The summed E-state index contributed by atoms with van der Waals surface area (Å²) in [6, 6.07) is 14.7. The summed E-state index contributed by atoms with van der Waals surface area (Å²) < 4.78 is 16.1. The van der Waals surface area contributed by atoms with Crippen LogP contribution in [-0.4, -0.2) is 25.4 Å². The SMILES string of the molecule is CCOc1cccc(OCC(O)c2ccc(OC)cc2)c1. The molecule has 0 aromatic heterocycles. The van der Waals surface area contributed by atoms with Crippen molar-refractivity contribution in [2.45, 2.75) is 13.0 Å². The van der Waals surface area contributed by atoms with Crippen molar-refractivity contribution in [1.82, 2.24) is 0 Å². The van der Waals surface area contributed by atoms with Crippen LogP contribution in [0.4, 0.5) is 0 Å². The summed E-state index contributed by atoms with van der Waals surface area (Å²) in [5.41, 5.74) is 0.789. The fraction of sp³-hybridized carbons (Fsp3) is 0.294. The van der Waals surface area contributed by atoms with Crippen LogP contribution >= 0.6 is 0 Å². The van der Waals surface area contributed by atoms with Gasteiger partial charge < -0.3 is 19.3 Å². The molecule has 0 aliphatic carbocycles. The minimum atomic E-state index is -0.688. The Hall–Kier alpha value is -2.20. The summed E-state index contributed by atoms with van der Waals surface area (Å²) in [6.45, 7) is 2.72. The van der Waals surface area contributed by atoms with Gasteiger partial charge in [0.1, 0.15) is 30.0 Å². The molecule has 1 atom stereocenters. The van der Waals surface area contributed by atoms with Crippen LogP contribution in [0.1, 0.15) is 18.6 Å². The maximum Gasteiger partial charge on any atom is 0.123 e. The lowest BCUT2D eigenvalue weighted by atomic mass is 10.1. The number of hydrogen-bond acceptors (Lipinski definition) is 4. The summed E-state index contributed by atoms with van der Waals surface area (Å²) in [5, 5.41) is 10.1. The van der Waals surface area contributed by atoms with Gasteiger partial charge in [0, 0.05) is 6.07 Å². The molecule has 21 heavy (non-hydrogen) atoms. The Labute approximate surface area is 124 Å². The van der Waals surface area contributed by atoms with Crippen LogP contribution in [0.15, 0.2) is 48.5 Å². The highest BCUT2D eigenvalue weighted by atomic mass is 16.5. The van der Waals surface area contributed by atoms with E-state index < -0.39 is 6.10 Å². The van der Waals surface area contributed by atoms with E-state index in [1.807, 2.05) is 55.5 Å². The van der Waals surface area contributed by atoms with Crippen LogP contribution in [0.5, 0.6) is 17.2 Å². The van der Waals surface area contributed by atoms with Gasteiger partial charge in [-0.2, -0.15) is 0 Å². The van der Waals surface area contributed by atoms with Crippen molar-refractivity contribution in [1.29, 1.82) is 0 Å². The van der Waals surface area contributed by atoms with Gasteiger partial charge in [-0.05, 0) is 36.8 Å². The zero-order valence-electron chi connectivity index (χ0n) is 12.3. The normalized spacial score (nSPS) is 11.8. The number of aliphatic hydroxyl groups is 1. The van der Waals surface area contributed by atoms with Gasteiger partial charge in [0.25, 0.3) is 0 Å². The first-order valence-electron chi connectivity index (χ1n) is 6.90. The third-order valence-corrected chi connectivity index (χ3v) is 3.02. The average Bonchev–Trinajstić information content (AvgIpc) is 2.53. The largest absolute Gasteiger partial charge is 0.497 e. The van der Waals surface area contributed by atoms with Crippen molar-refractivity contribution in [3.63, 3.8) is 0 Å². The highest BCUT2D eigenvalue weighted by molar-refractivity contribution is 5.33. The first kappa shape index (κ1) is 15.2. The zero-order valence-corrected chi connectivity index (χ0v) is 12.3. The second-order valence-corrected chi connectivity index (χ2v) is 4.51. The number of benzene rings is 2. The fourth-order valence-corrected chi connectivity index (χ4v) is 1.92. The lowest BCUT2D eigenvalue weighted by Crippen LogP contribution is -2.09. The molecule has 112 valence electrons. The Balaban J connectivity index is 1.93. The van der Waals surface area contributed by atoms with Gasteiger partial charge >= 0.3 is 0 Å². The fourth-order valence-electron chi connectivity index (χ4n) is 1.92. The van der Waals surface area contributed by atoms with E-state index in [1.165, 1.54) is 0 Å². The van der Waals surface area contributed by atoms with Gasteiger partial charge in [0.15, 0.2) is 0 Å². The van der Waals surface area contributed by atoms with E-state index in [1.54, 1.807) is 7.11 Å². The molecule has 2 aromatic carbocycles. The van der Waals surface area contributed by atoms with Gasteiger partial charge in [-0.3, -0.25) is 0 Å². The molecule has 0 radical (unpaired) electrons. The molecule has 0 aliphatic heterocycles. The Morgan fingerprint density at radius 1 is 0.952 bits per heavy atom. The number of rotatable bonds is 7. The summed E-state index contributed by atoms with van der Waals surface area (Å²) in [5.74, 6) is 2.19. The van der Waals surface area contributed by atoms with Gasteiger partial charge in [-0.1, -0.05) is 18.2 Å². The van der Waals surface area contributed by atoms with Crippen molar-refractivity contribution >= 4 is 0 Å². The average molecular weight is 288 g/mol. The second-order valence-electron chi connectivity index (χ2n) is 4.51. The number of hydrogen-bond donors (Lipinski definition) is 1. The van der Waals surface area contributed by atoms with E-state index in [4.69, 9.17) is 14.2 Å². The lowest BCUT2D eigenvalue weighted by molar-refractivity contribution is 0.108. The van der Waals surface area contributed by atoms with Crippen LogP contribution in [0.2, 0.25) is 0 Å². The Morgan fingerprint density at radius 3 is 2.24 bits per heavy atom. The number of ether oxygens (including phenoxy) is 3. The van der Waals surface area contributed by atoms with E-state index in [0.29, 0.717) is 12.4 Å². The summed E-state index contributed by atoms with van der Waals surface area (Å²) in [7, 11) is 1.61. The molecule has 0 heterocycles. The molecule has 1 N–H and O–H groups in total. The molecule has 4 heteroatoms. The van der Waals surface area contributed by atoms with Crippen LogP contribution < -0.4 is 14.2 Å². The van der Waals surface area contributed by atoms with Gasteiger partial charge in [-0.15, -0.1) is 0 Å². The zero-order chi connectivity index (χ0) is 15.1. The third kappa shape index (κ3) is 4.39. The van der Waals surface area contributed by atoms with Crippen molar-refractivity contribution in [2.24, 2.45) is 0 Å². The monoisotopic (exact) mass is 288 g/mol. The van der Waals surface area contributed by atoms with E-state index in [2.05, 4.69) is 0 Å². The smallest absolute Gasteiger partial charge is 0.123 e. The molecule has 0 bridgehead atoms. The number of methoxy groups -OCH3 is 1. The molecular formula is C17H20O4. The standard InChI is InChI=1S/C17H20O4/c1-3-20-15-5-4-6-16(11-15)21-12-17(18)13-7-9-14(19-2)10-8-13/h4-11,17-18H,3,12H2,1-2H3. The van der Waals surface area contributed by atoms with Crippen molar-refractivity contribution in [2.75, 3.05) is 20.3 Å². The maximum absolute atomic E-state index is 10.1. The third-order valence-electron chi connectivity index (χ3n) is 3.02. The lowest BCUT2D eigenvalue weighted by Gasteiger charge is -2.14. The van der Waals surface area contributed by atoms with Crippen molar-refractivity contribution in [3.05, 3.63) is 54.1 Å². The van der Waals surface area contributed by atoms with Gasteiger partial charge in [0.05, 0.1) is 13.7 Å². The molecular weight excluding hydrogens is 268 g/mol. The first-order chi connectivity index (χ1) is 10.2. The van der Waals surface area contributed by atoms with Crippen LogP contribution in [0.25, 0.3) is 0 Å². The molecule has 0 spiro atoms. The minimum absolute atomic E-state index is 0.182. The van der Waals surface area contributed by atoms with Gasteiger partial charge in [-0.25, -0.2) is 0 Å². The van der Waals surface area contributed by atoms with Crippen molar-refractivity contribution < 1.29 is 19.3 Å². The van der Waals surface area contributed by atoms with E-state index in [9.17, 15) is 5.11 Å². The molecule has 0 saturated carbocycles. The summed E-state index contributed by atoms with van der Waals surface area (Å²) in [4.78, 5) is 0. The predicted molar refractivity (Wildman–Crippen MR) is 81.1 cm³/mol. The molecule has 2 rings (SSSR count). The Bertz CT molecular complexity index is 551. The molecule has 1 unspecified atom stereocenters. The van der Waals surface area contributed by atoms with Crippen LogP contribution in [0.3, 0.4) is 0 Å². The molecule has 0 fully saturated rings. The Morgan fingerprint density at radius 2 is 1.62 bits per heavy atom. The molecule has 0 saturated heterocycles. The second kappa shape index (κ2) is 7.55. The summed E-state index contributed by atoms with van der Waals surface area (Å²) >= 11 is 0. The minimum Gasteiger partial charge on any atom is -0.497 e. The van der Waals surface area contributed by atoms with Gasteiger partial charge in [0.2, 0.25) is 0 Å². The molecule has 0 amide bonds. The van der Waals surface area contributed by atoms with E-state index >= 15 is 0 Å². The number of aliphatic hydroxyl groups excluding tert-OH is 1. The topological polar surface area (TPSA) is 47.9 Å². The van der Waals surface area contributed by atoms with Crippen molar-refractivity contribution in [3.8, 4) is 17.2 Å².